The van der Waals surface area contributed by atoms with E-state index in [-0.39, 0.29) is 34.8 Å². The van der Waals surface area contributed by atoms with Gasteiger partial charge in [-0.05, 0) is 99.4 Å². The van der Waals surface area contributed by atoms with Gasteiger partial charge in [-0.2, -0.15) is 0 Å². The number of carbonyl (C=O) groups excluding carboxylic acids is 2. The SMILES string of the molecule is CC[C@H]1[C@@H](OC(=O)NC2CC2)/C=C/COC(C)(C)C(=O)NS(=O)(=O)c2ccc3c(c2)N2C[C@@H]1c1cc4c(cc1Cl)CCC[C@@]4(CO3)C2. The van der Waals surface area contributed by atoms with Crippen molar-refractivity contribution in [2.24, 2.45) is 5.92 Å². The first-order valence-corrected chi connectivity index (χ1v) is 18.4. The van der Waals surface area contributed by atoms with Gasteiger partial charge in [0, 0.05) is 41.4 Å². The Balaban J connectivity index is 1.41. The van der Waals surface area contributed by atoms with Crippen molar-refractivity contribution in [1.82, 2.24) is 10.0 Å². The molecule has 3 heterocycles. The van der Waals surface area contributed by atoms with E-state index in [2.05, 4.69) is 34.0 Å². The summed E-state index contributed by atoms with van der Waals surface area (Å²) in [6.45, 7) is 6.64. The molecule has 252 valence electrons. The Labute approximate surface area is 281 Å². The molecule has 0 aromatic heterocycles. The highest BCUT2D eigenvalue weighted by molar-refractivity contribution is 7.90. The molecule has 1 fully saturated rings. The number of alkyl carbamates (subject to hydrolysis) is 1. The lowest BCUT2D eigenvalue weighted by Crippen LogP contribution is -2.49. The fraction of sp³-hybridized carbons (Fsp3) is 0.543. The van der Waals surface area contributed by atoms with Crippen molar-refractivity contribution in [1.29, 1.82) is 0 Å². The second kappa shape index (κ2) is 12.0. The monoisotopic (exact) mass is 683 g/mol. The molecule has 12 heteroatoms. The summed E-state index contributed by atoms with van der Waals surface area (Å²) in [6, 6.07) is 9.26. The van der Waals surface area contributed by atoms with Crippen LogP contribution in [0.25, 0.3) is 0 Å². The van der Waals surface area contributed by atoms with Gasteiger partial charge in [0.25, 0.3) is 15.9 Å². The van der Waals surface area contributed by atoms with Gasteiger partial charge in [0.1, 0.15) is 17.5 Å². The van der Waals surface area contributed by atoms with Crippen LogP contribution in [0.2, 0.25) is 5.02 Å². The summed E-state index contributed by atoms with van der Waals surface area (Å²) in [6.07, 6.45) is 7.79. The third-order valence-corrected chi connectivity index (χ3v) is 12.1. The average Bonchev–Trinajstić information content (AvgIpc) is 3.84. The zero-order valence-electron chi connectivity index (χ0n) is 27.0. The zero-order valence-corrected chi connectivity index (χ0v) is 28.6. The molecule has 0 saturated heterocycles. The number of carbonyl (C=O) groups is 2. The van der Waals surface area contributed by atoms with Crippen LogP contribution in [0.5, 0.6) is 5.75 Å². The van der Waals surface area contributed by atoms with Crippen LogP contribution < -0.4 is 19.7 Å². The van der Waals surface area contributed by atoms with E-state index in [9.17, 15) is 18.0 Å². The number of halogens is 1. The number of benzene rings is 2. The van der Waals surface area contributed by atoms with E-state index >= 15 is 0 Å². The summed E-state index contributed by atoms with van der Waals surface area (Å²) in [5.41, 5.74) is 2.24. The Hall–Kier alpha value is -3.28. The number of hydrogen-bond donors (Lipinski definition) is 2. The van der Waals surface area contributed by atoms with E-state index in [1.807, 2.05) is 6.08 Å². The lowest BCUT2D eigenvalue weighted by molar-refractivity contribution is -0.139. The fourth-order valence-electron chi connectivity index (χ4n) is 7.67. The van der Waals surface area contributed by atoms with Crippen LogP contribution in [0, 0.1) is 5.92 Å². The summed E-state index contributed by atoms with van der Waals surface area (Å²) >= 11 is 7.15. The van der Waals surface area contributed by atoms with E-state index in [0.717, 1.165) is 37.7 Å². The number of sulfonamides is 1. The fourth-order valence-corrected chi connectivity index (χ4v) is 9.12. The second-order valence-electron chi connectivity index (χ2n) is 14.1. The molecule has 7 bridgehead atoms. The van der Waals surface area contributed by atoms with Gasteiger partial charge in [0.15, 0.2) is 0 Å². The summed E-state index contributed by atoms with van der Waals surface area (Å²) in [5, 5.41) is 3.63. The summed E-state index contributed by atoms with van der Waals surface area (Å²) in [5.74, 6) is -0.613. The molecule has 10 nitrogen and oxygen atoms in total. The molecule has 0 unspecified atom stereocenters. The van der Waals surface area contributed by atoms with Gasteiger partial charge in [-0.25, -0.2) is 17.9 Å². The number of nitrogens with zero attached hydrogens (tertiary/aromatic N) is 1. The molecule has 1 spiro atoms. The first-order chi connectivity index (χ1) is 22.4. The van der Waals surface area contributed by atoms with Crippen LogP contribution in [0.1, 0.15) is 75.5 Å². The van der Waals surface area contributed by atoms with E-state index in [1.165, 1.54) is 31.0 Å². The van der Waals surface area contributed by atoms with Crippen LogP contribution in [0.4, 0.5) is 10.5 Å². The first kappa shape index (κ1) is 32.3. The molecule has 5 aliphatic rings. The van der Waals surface area contributed by atoms with Gasteiger partial charge >= 0.3 is 6.09 Å². The van der Waals surface area contributed by atoms with Crippen LogP contribution in [-0.4, -0.2) is 64.5 Å². The maximum Gasteiger partial charge on any atom is 0.407 e. The summed E-state index contributed by atoms with van der Waals surface area (Å²) in [4.78, 5) is 28.5. The van der Waals surface area contributed by atoms with Crippen LogP contribution in [0.15, 0.2) is 47.4 Å². The minimum Gasteiger partial charge on any atom is -0.490 e. The molecule has 2 aromatic rings. The minimum absolute atomic E-state index is 0.00387. The number of aryl methyl sites for hydroxylation is 1. The number of fused-ring (bicyclic) bond motifs is 4. The number of amides is 2. The van der Waals surface area contributed by atoms with Gasteiger partial charge in [0.2, 0.25) is 0 Å². The summed E-state index contributed by atoms with van der Waals surface area (Å²) < 4.78 is 48.0. The lowest BCUT2D eigenvalue weighted by Gasteiger charge is -2.45. The van der Waals surface area contributed by atoms with Gasteiger partial charge in [-0.1, -0.05) is 30.7 Å². The molecular formula is C35H42ClN3O7S. The third kappa shape index (κ3) is 6.10. The van der Waals surface area contributed by atoms with E-state index in [1.54, 1.807) is 18.2 Å². The highest BCUT2D eigenvalue weighted by atomic mass is 35.5. The van der Waals surface area contributed by atoms with Crippen molar-refractivity contribution in [3.63, 3.8) is 0 Å². The van der Waals surface area contributed by atoms with Crippen molar-refractivity contribution < 1.29 is 32.2 Å². The predicted molar refractivity (Wildman–Crippen MR) is 178 cm³/mol. The largest absolute Gasteiger partial charge is 0.490 e. The Morgan fingerprint density at radius 1 is 1.21 bits per heavy atom. The Bertz CT molecular complexity index is 1740. The van der Waals surface area contributed by atoms with Gasteiger partial charge in [-0.15, -0.1) is 0 Å². The van der Waals surface area contributed by atoms with Crippen LogP contribution in [0.3, 0.4) is 0 Å². The molecule has 2 N–H and O–H groups in total. The zero-order chi connectivity index (χ0) is 33.1. The number of rotatable bonds is 3. The first-order valence-electron chi connectivity index (χ1n) is 16.6. The average molecular weight is 684 g/mol. The molecule has 2 aliphatic carbocycles. The molecule has 3 aliphatic heterocycles. The summed E-state index contributed by atoms with van der Waals surface area (Å²) in [7, 11) is -4.24. The van der Waals surface area contributed by atoms with E-state index in [0.29, 0.717) is 42.6 Å². The smallest absolute Gasteiger partial charge is 0.407 e. The number of nitrogens with one attached hydrogen (secondary N) is 2. The predicted octanol–water partition coefficient (Wildman–Crippen LogP) is 5.36. The van der Waals surface area contributed by atoms with E-state index < -0.39 is 33.7 Å². The normalized spacial score (nSPS) is 29.8. The molecule has 2 aromatic carbocycles. The van der Waals surface area contributed by atoms with Crippen molar-refractivity contribution >= 4 is 39.3 Å². The molecule has 1 saturated carbocycles. The molecule has 2 amide bonds. The number of anilines is 1. The third-order valence-electron chi connectivity index (χ3n) is 10.5. The number of ether oxygens (including phenoxy) is 3. The standard InChI is InChI=1S/C35H42ClN3O7S/c1-4-24-26-18-39-19-35(13-5-7-21-15-28(36)25(26)17-27(21)35)20-44-31-12-11-23(16-29(31)39)47(42,43)38-32(40)34(2,3)45-14-6-8-30(24)46-33(41)37-22-9-10-22/h6,8,11-12,15-17,22,24,26,30H,4-5,7,9-10,13-14,18-20H2,1-3H3,(H,37,41)(H,38,40)/b8-6+/t24-,26+,30+,35+/m1/s1. The maximum absolute atomic E-state index is 13.6. The van der Waals surface area contributed by atoms with E-state index in [4.69, 9.17) is 25.8 Å². The van der Waals surface area contributed by atoms with Crippen molar-refractivity contribution in [3.8, 4) is 5.75 Å². The van der Waals surface area contributed by atoms with Crippen LogP contribution >= 0.6 is 11.6 Å². The Kier molecular flexibility index (Phi) is 8.24. The topological polar surface area (TPSA) is 123 Å². The van der Waals surface area contributed by atoms with Crippen LogP contribution in [-0.2, 0) is 36.1 Å². The molecule has 0 radical (unpaired) electrons. The molecule has 4 atom stereocenters. The maximum atomic E-state index is 13.6. The van der Waals surface area contributed by atoms with Gasteiger partial charge in [0.05, 0.1) is 23.8 Å². The Morgan fingerprint density at radius 3 is 2.79 bits per heavy atom. The van der Waals surface area contributed by atoms with Gasteiger partial charge in [-0.3, -0.25) is 4.79 Å². The highest BCUT2D eigenvalue weighted by Crippen LogP contribution is 2.50. The quantitative estimate of drug-likeness (QED) is 0.415. The molecule has 7 rings (SSSR count). The number of hydrogen-bond acceptors (Lipinski definition) is 8. The van der Waals surface area contributed by atoms with Crippen molar-refractivity contribution in [2.75, 3.05) is 31.2 Å². The molecule has 47 heavy (non-hydrogen) atoms. The Morgan fingerprint density at radius 2 is 2.02 bits per heavy atom. The molecular weight excluding hydrogens is 642 g/mol. The lowest BCUT2D eigenvalue weighted by atomic mass is 9.67. The second-order valence-corrected chi connectivity index (χ2v) is 16.2. The van der Waals surface area contributed by atoms with Gasteiger partial charge < -0.3 is 24.4 Å². The minimum atomic E-state index is -4.24. The van der Waals surface area contributed by atoms with Crippen molar-refractivity contribution in [3.05, 3.63) is 64.2 Å². The van der Waals surface area contributed by atoms with Crippen molar-refractivity contribution in [2.45, 2.75) is 93.3 Å². The highest BCUT2D eigenvalue weighted by Gasteiger charge is 2.46.